The molecule has 0 unspecified atom stereocenters. The number of hydrogen-bond donors (Lipinski definition) is 1. The molecule has 1 aliphatic rings. The lowest BCUT2D eigenvalue weighted by Gasteiger charge is -2.13. The summed E-state index contributed by atoms with van der Waals surface area (Å²) >= 11 is 12.0. The van der Waals surface area contributed by atoms with Crippen LogP contribution in [0.3, 0.4) is 0 Å². The van der Waals surface area contributed by atoms with Crippen LogP contribution in [0.25, 0.3) is 0 Å². The normalized spacial score (nSPS) is 12.0. The van der Waals surface area contributed by atoms with Crippen LogP contribution in [0.15, 0.2) is 54.6 Å². The number of anilines is 1. The number of benzene rings is 3. The molecule has 0 radical (unpaired) electrons. The SMILES string of the molecule is COc1cc(CNc2ccc3c(c2)OCO3)ccc1OCc1ccc(Cl)c(Cl)c1. The summed E-state index contributed by atoms with van der Waals surface area (Å²) in [4.78, 5) is 0. The number of ether oxygens (including phenoxy) is 4. The number of methoxy groups -OCH3 is 1. The highest BCUT2D eigenvalue weighted by molar-refractivity contribution is 6.42. The van der Waals surface area contributed by atoms with E-state index in [0.717, 1.165) is 28.3 Å². The Hall–Kier alpha value is -2.76. The Kier molecular flexibility index (Phi) is 5.88. The fourth-order valence-corrected chi connectivity index (χ4v) is 3.26. The molecule has 1 heterocycles. The van der Waals surface area contributed by atoms with Crippen LogP contribution in [0, 0.1) is 0 Å². The molecule has 0 atom stereocenters. The quantitative estimate of drug-likeness (QED) is 0.502. The van der Waals surface area contributed by atoms with E-state index in [0.29, 0.717) is 34.7 Å². The highest BCUT2D eigenvalue weighted by Crippen LogP contribution is 2.35. The monoisotopic (exact) mass is 431 g/mol. The summed E-state index contributed by atoms with van der Waals surface area (Å²) in [6, 6.07) is 17.0. The van der Waals surface area contributed by atoms with Gasteiger partial charge in [-0.2, -0.15) is 0 Å². The standard InChI is InChI=1S/C22H19Cl2NO4/c1-26-21-9-14(11-25-16-4-7-20-22(10-16)29-13-28-20)3-6-19(21)27-12-15-2-5-17(23)18(24)8-15/h2-10,25H,11-13H2,1H3. The predicted molar refractivity (Wildman–Crippen MR) is 114 cm³/mol. The zero-order valence-electron chi connectivity index (χ0n) is 15.7. The van der Waals surface area contributed by atoms with E-state index in [1.165, 1.54) is 0 Å². The maximum absolute atomic E-state index is 6.06. The largest absolute Gasteiger partial charge is 0.493 e. The second-order valence-corrected chi connectivity index (χ2v) is 7.26. The van der Waals surface area contributed by atoms with E-state index < -0.39 is 0 Å². The Labute approximate surface area is 179 Å². The van der Waals surface area contributed by atoms with Crippen LogP contribution in [-0.2, 0) is 13.2 Å². The van der Waals surface area contributed by atoms with Crippen molar-refractivity contribution in [1.29, 1.82) is 0 Å². The first kappa shape index (κ1) is 19.6. The predicted octanol–water partition coefficient (Wildman–Crippen LogP) is 5.92. The molecule has 0 aromatic heterocycles. The molecule has 4 rings (SSSR count). The third kappa shape index (κ3) is 4.63. The lowest BCUT2D eigenvalue weighted by atomic mass is 10.2. The molecule has 0 fully saturated rings. The van der Waals surface area contributed by atoms with E-state index in [1.54, 1.807) is 19.2 Å². The third-order valence-corrected chi connectivity index (χ3v) is 5.21. The Bertz CT molecular complexity index is 1030. The lowest BCUT2D eigenvalue weighted by molar-refractivity contribution is 0.174. The zero-order chi connectivity index (χ0) is 20.2. The highest BCUT2D eigenvalue weighted by atomic mass is 35.5. The fraction of sp³-hybridized carbons (Fsp3) is 0.182. The molecule has 0 spiro atoms. The average Bonchev–Trinajstić information content (AvgIpc) is 3.21. The van der Waals surface area contributed by atoms with E-state index >= 15 is 0 Å². The van der Waals surface area contributed by atoms with Gasteiger partial charge in [-0.3, -0.25) is 0 Å². The Morgan fingerprint density at radius 3 is 2.52 bits per heavy atom. The van der Waals surface area contributed by atoms with Crippen molar-refractivity contribution >= 4 is 28.9 Å². The molecule has 29 heavy (non-hydrogen) atoms. The molecule has 0 bridgehead atoms. The summed E-state index contributed by atoms with van der Waals surface area (Å²) < 4.78 is 22.1. The second kappa shape index (κ2) is 8.72. The smallest absolute Gasteiger partial charge is 0.231 e. The summed E-state index contributed by atoms with van der Waals surface area (Å²) in [5, 5.41) is 4.40. The highest BCUT2D eigenvalue weighted by Gasteiger charge is 2.13. The van der Waals surface area contributed by atoms with Crippen LogP contribution in [0.1, 0.15) is 11.1 Å². The Balaban J connectivity index is 1.40. The molecule has 150 valence electrons. The average molecular weight is 432 g/mol. The van der Waals surface area contributed by atoms with Crippen molar-refractivity contribution in [2.75, 3.05) is 19.2 Å². The summed E-state index contributed by atoms with van der Waals surface area (Å²) in [6.07, 6.45) is 0. The first-order valence-electron chi connectivity index (χ1n) is 8.99. The number of fused-ring (bicyclic) bond motifs is 1. The van der Waals surface area contributed by atoms with Gasteiger partial charge in [0.25, 0.3) is 0 Å². The number of nitrogens with one attached hydrogen (secondary N) is 1. The van der Waals surface area contributed by atoms with Gasteiger partial charge >= 0.3 is 0 Å². The summed E-state index contributed by atoms with van der Waals surface area (Å²) in [5.41, 5.74) is 2.93. The van der Waals surface area contributed by atoms with Gasteiger partial charge in [-0.15, -0.1) is 0 Å². The minimum absolute atomic E-state index is 0.264. The van der Waals surface area contributed by atoms with Crippen LogP contribution in [0.4, 0.5) is 5.69 Å². The third-order valence-electron chi connectivity index (χ3n) is 4.48. The van der Waals surface area contributed by atoms with Crippen molar-refractivity contribution in [1.82, 2.24) is 0 Å². The van der Waals surface area contributed by atoms with Crippen LogP contribution >= 0.6 is 23.2 Å². The zero-order valence-corrected chi connectivity index (χ0v) is 17.2. The molecule has 1 N–H and O–H groups in total. The fourth-order valence-electron chi connectivity index (χ4n) is 2.94. The van der Waals surface area contributed by atoms with Gasteiger partial charge < -0.3 is 24.3 Å². The van der Waals surface area contributed by atoms with Crippen LogP contribution in [-0.4, -0.2) is 13.9 Å². The first-order chi connectivity index (χ1) is 14.1. The van der Waals surface area contributed by atoms with Crippen LogP contribution in [0.2, 0.25) is 10.0 Å². The summed E-state index contributed by atoms with van der Waals surface area (Å²) in [7, 11) is 1.62. The van der Waals surface area contributed by atoms with Crippen molar-refractivity contribution in [2.24, 2.45) is 0 Å². The van der Waals surface area contributed by atoms with E-state index in [-0.39, 0.29) is 6.79 Å². The van der Waals surface area contributed by atoms with Gasteiger partial charge in [0.1, 0.15) is 6.61 Å². The van der Waals surface area contributed by atoms with Crippen molar-refractivity contribution in [3.63, 3.8) is 0 Å². The van der Waals surface area contributed by atoms with E-state index in [9.17, 15) is 0 Å². The van der Waals surface area contributed by atoms with Crippen molar-refractivity contribution < 1.29 is 18.9 Å². The molecule has 0 aliphatic carbocycles. The van der Waals surface area contributed by atoms with Crippen LogP contribution in [0.5, 0.6) is 23.0 Å². The van der Waals surface area contributed by atoms with E-state index in [2.05, 4.69) is 5.32 Å². The number of rotatable bonds is 7. The summed E-state index contributed by atoms with van der Waals surface area (Å²) in [6.45, 7) is 1.25. The van der Waals surface area contributed by atoms with Crippen molar-refractivity contribution in [2.45, 2.75) is 13.2 Å². The molecule has 7 heteroatoms. The lowest BCUT2D eigenvalue weighted by Crippen LogP contribution is -2.02. The summed E-state index contributed by atoms with van der Waals surface area (Å²) in [5.74, 6) is 2.83. The molecule has 0 saturated heterocycles. The molecule has 1 aliphatic heterocycles. The molecule has 0 saturated carbocycles. The van der Waals surface area contributed by atoms with Crippen molar-refractivity contribution in [3.8, 4) is 23.0 Å². The van der Waals surface area contributed by atoms with E-state index in [1.807, 2.05) is 42.5 Å². The van der Waals surface area contributed by atoms with Gasteiger partial charge in [0.05, 0.1) is 17.2 Å². The van der Waals surface area contributed by atoms with Gasteiger partial charge in [-0.05, 0) is 47.5 Å². The maximum atomic E-state index is 6.06. The van der Waals surface area contributed by atoms with E-state index in [4.69, 9.17) is 42.1 Å². The van der Waals surface area contributed by atoms with Gasteiger partial charge in [0.2, 0.25) is 6.79 Å². The number of hydrogen-bond acceptors (Lipinski definition) is 5. The molecule has 3 aromatic rings. The van der Waals surface area contributed by atoms with Gasteiger partial charge in [-0.25, -0.2) is 0 Å². The minimum Gasteiger partial charge on any atom is -0.493 e. The molecular formula is C22H19Cl2NO4. The second-order valence-electron chi connectivity index (χ2n) is 6.44. The molecule has 5 nitrogen and oxygen atoms in total. The molecule has 3 aromatic carbocycles. The van der Waals surface area contributed by atoms with Gasteiger partial charge in [0, 0.05) is 18.3 Å². The topological polar surface area (TPSA) is 49.0 Å². The maximum Gasteiger partial charge on any atom is 0.231 e. The van der Waals surface area contributed by atoms with Gasteiger partial charge in [0.15, 0.2) is 23.0 Å². The molecule has 0 amide bonds. The van der Waals surface area contributed by atoms with Crippen molar-refractivity contribution in [3.05, 3.63) is 75.8 Å². The van der Waals surface area contributed by atoms with Crippen LogP contribution < -0.4 is 24.3 Å². The Morgan fingerprint density at radius 1 is 0.862 bits per heavy atom. The number of halogens is 2. The minimum atomic E-state index is 0.264. The first-order valence-corrected chi connectivity index (χ1v) is 9.75. The van der Waals surface area contributed by atoms with Gasteiger partial charge in [-0.1, -0.05) is 35.3 Å². The Morgan fingerprint density at radius 2 is 1.69 bits per heavy atom. The molecular weight excluding hydrogens is 413 g/mol.